The molecule has 1 rings (SSSR count). The third-order valence-corrected chi connectivity index (χ3v) is 4.27. The van der Waals surface area contributed by atoms with Crippen molar-refractivity contribution in [1.82, 2.24) is 4.31 Å². The molecule has 0 fully saturated rings. The molecule has 114 valence electrons. The van der Waals surface area contributed by atoms with Crippen LogP contribution < -0.4 is 15.2 Å². The third kappa shape index (κ3) is 4.28. The van der Waals surface area contributed by atoms with Crippen molar-refractivity contribution in [3.05, 3.63) is 18.2 Å². The van der Waals surface area contributed by atoms with Crippen LogP contribution >= 0.6 is 0 Å². The molecule has 0 aliphatic heterocycles. The normalized spacial score (nSPS) is 11.6. The van der Waals surface area contributed by atoms with Gasteiger partial charge in [0.25, 0.3) is 0 Å². The monoisotopic (exact) mass is 301 g/mol. The van der Waals surface area contributed by atoms with E-state index in [9.17, 15) is 8.42 Å². The molecule has 0 amide bonds. The second-order valence-electron chi connectivity index (χ2n) is 4.47. The lowest BCUT2D eigenvalue weighted by Gasteiger charge is -2.22. The Labute approximate surface area is 121 Å². The van der Waals surface area contributed by atoms with E-state index in [2.05, 4.69) is 4.72 Å². The van der Waals surface area contributed by atoms with Gasteiger partial charge in [0, 0.05) is 18.8 Å². The molecule has 0 radical (unpaired) electrons. The van der Waals surface area contributed by atoms with Gasteiger partial charge >= 0.3 is 10.2 Å². The summed E-state index contributed by atoms with van der Waals surface area (Å²) in [6, 6.07) is 4.84. The fourth-order valence-electron chi connectivity index (χ4n) is 1.86. The summed E-state index contributed by atoms with van der Waals surface area (Å²) in [5.41, 5.74) is 6.52. The molecular weight excluding hydrogens is 278 g/mol. The fraction of sp³-hybridized carbons (Fsp3) is 0.538. The van der Waals surface area contributed by atoms with Crippen LogP contribution in [0.15, 0.2) is 18.2 Å². The van der Waals surface area contributed by atoms with E-state index in [0.717, 1.165) is 12.8 Å². The minimum atomic E-state index is -3.60. The summed E-state index contributed by atoms with van der Waals surface area (Å²) in [6.45, 7) is 4.85. The van der Waals surface area contributed by atoms with E-state index < -0.39 is 10.2 Å². The van der Waals surface area contributed by atoms with Crippen LogP contribution in [0.4, 0.5) is 11.4 Å². The number of nitrogens with two attached hydrogens (primary N) is 1. The molecule has 1 aromatic carbocycles. The number of rotatable bonds is 8. The SMILES string of the molecule is CCCN(CCC)S(=O)(=O)Nc1cc(N)ccc1OC. The van der Waals surface area contributed by atoms with Crippen LogP contribution in [-0.2, 0) is 10.2 Å². The van der Waals surface area contributed by atoms with Crippen LogP contribution in [0.25, 0.3) is 0 Å². The van der Waals surface area contributed by atoms with E-state index in [1.807, 2.05) is 13.8 Å². The van der Waals surface area contributed by atoms with Gasteiger partial charge in [-0.1, -0.05) is 13.8 Å². The Hall–Kier alpha value is -1.47. The third-order valence-electron chi connectivity index (χ3n) is 2.75. The first kappa shape index (κ1) is 16.6. The maximum absolute atomic E-state index is 12.4. The highest BCUT2D eigenvalue weighted by molar-refractivity contribution is 7.90. The maximum atomic E-state index is 12.4. The Bertz CT molecular complexity index is 526. The number of ether oxygens (including phenoxy) is 1. The summed E-state index contributed by atoms with van der Waals surface area (Å²) in [5.74, 6) is 0.440. The molecule has 0 aromatic heterocycles. The minimum absolute atomic E-state index is 0.352. The van der Waals surface area contributed by atoms with E-state index in [1.165, 1.54) is 11.4 Å². The zero-order valence-corrected chi connectivity index (χ0v) is 13.0. The van der Waals surface area contributed by atoms with Crippen molar-refractivity contribution in [3.63, 3.8) is 0 Å². The van der Waals surface area contributed by atoms with Gasteiger partial charge in [-0.3, -0.25) is 4.72 Å². The number of hydrogen-bond donors (Lipinski definition) is 2. The topological polar surface area (TPSA) is 84.7 Å². The largest absolute Gasteiger partial charge is 0.495 e. The molecular formula is C13H23N3O3S. The van der Waals surface area contributed by atoms with Crippen molar-refractivity contribution in [3.8, 4) is 5.75 Å². The van der Waals surface area contributed by atoms with Crippen LogP contribution in [0, 0.1) is 0 Å². The lowest BCUT2D eigenvalue weighted by molar-refractivity contribution is 0.410. The Morgan fingerprint density at radius 3 is 2.35 bits per heavy atom. The van der Waals surface area contributed by atoms with E-state index in [-0.39, 0.29) is 0 Å². The second kappa shape index (κ2) is 7.35. The van der Waals surface area contributed by atoms with Gasteiger partial charge in [-0.15, -0.1) is 0 Å². The molecule has 0 saturated carbocycles. The summed E-state index contributed by atoms with van der Waals surface area (Å²) in [7, 11) is -2.12. The lowest BCUT2D eigenvalue weighted by atomic mass is 10.2. The summed E-state index contributed by atoms with van der Waals surface area (Å²) in [4.78, 5) is 0. The predicted molar refractivity (Wildman–Crippen MR) is 82.1 cm³/mol. The Morgan fingerprint density at radius 1 is 1.25 bits per heavy atom. The zero-order chi connectivity index (χ0) is 15.2. The molecule has 7 heteroatoms. The van der Waals surface area contributed by atoms with Gasteiger partial charge in [0.15, 0.2) is 0 Å². The van der Waals surface area contributed by atoms with Gasteiger partial charge in [0.1, 0.15) is 5.75 Å². The van der Waals surface area contributed by atoms with Crippen LogP contribution in [0.1, 0.15) is 26.7 Å². The number of benzene rings is 1. The lowest BCUT2D eigenvalue weighted by Crippen LogP contribution is -2.37. The van der Waals surface area contributed by atoms with E-state index in [0.29, 0.717) is 30.2 Å². The summed E-state index contributed by atoms with van der Waals surface area (Å²) < 4.78 is 33.9. The quantitative estimate of drug-likeness (QED) is 0.720. The van der Waals surface area contributed by atoms with Crippen molar-refractivity contribution in [2.45, 2.75) is 26.7 Å². The zero-order valence-electron chi connectivity index (χ0n) is 12.2. The summed E-state index contributed by atoms with van der Waals surface area (Å²) in [5, 5.41) is 0. The van der Waals surface area contributed by atoms with E-state index in [4.69, 9.17) is 10.5 Å². The number of methoxy groups -OCH3 is 1. The smallest absolute Gasteiger partial charge is 0.301 e. The van der Waals surface area contributed by atoms with Crippen molar-refractivity contribution in [1.29, 1.82) is 0 Å². The van der Waals surface area contributed by atoms with Gasteiger partial charge in [0.05, 0.1) is 12.8 Å². The highest BCUT2D eigenvalue weighted by atomic mass is 32.2. The van der Waals surface area contributed by atoms with Gasteiger partial charge in [0.2, 0.25) is 0 Å². The maximum Gasteiger partial charge on any atom is 0.301 e. The van der Waals surface area contributed by atoms with Crippen molar-refractivity contribution < 1.29 is 13.2 Å². The molecule has 3 N–H and O–H groups in total. The van der Waals surface area contributed by atoms with E-state index in [1.54, 1.807) is 18.2 Å². The Balaban J connectivity index is 3.02. The van der Waals surface area contributed by atoms with Crippen LogP contribution in [0.5, 0.6) is 5.75 Å². The molecule has 0 spiro atoms. The number of hydrogen-bond acceptors (Lipinski definition) is 4. The van der Waals surface area contributed by atoms with Crippen LogP contribution in [-0.4, -0.2) is 32.9 Å². The number of anilines is 2. The fourth-order valence-corrected chi connectivity index (χ4v) is 3.27. The summed E-state index contributed by atoms with van der Waals surface area (Å²) in [6.07, 6.45) is 1.52. The standard InChI is InChI=1S/C13H23N3O3S/c1-4-8-16(9-5-2)20(17,18)15-12-10-11(14)6-7-13(12)19-3/h6-7,10,15H,4-5,8-9,14H2,1-3H3. The molecule has 0 unspecified atom stereocenters. The molecule has 1 aromatic rings. The summed E-state index contributed by atoms with van der Waals surface area (Å²) >= 11 is 0. The highest BCUT2D eigenvalue weighted by Gasteiger charge is 2.21. The molecule has 0 heterocycles. The number of nitrogen functional groups attached to an aromatic ring is 1. The van der Waals surface area contributed by atoms with Crippen molar-refractivity contribution in [2.24, 2.45) is 0 Å². The van der Waals surface area contributed by atoms with Gasteiger partial charge in [-0.2, -0.15) is 12.7 Å². The van der Waals surface area contributed by atoms with Crippen molar-refractivity contribution >= 4 is 21.6 Å². The molecule has 20 heavy (non-hydrogen) atoms. The van der Waals surface area contributed by atoms with Gasteiger partial charge in [-0.05, 0) is 31.0 Å². The first-order chi connectivity index (χ1) is 9.44. The molecule has 0 aliphatic rings. The van der Waals surface area contributed by atoms with Crippen molar-refractivity contribution in [2.75, 3.05) is 30.7 Å². The average molecular weight is 301 g/mol. The first-order valence-electron chi connectivity index (χ1n) is 6.66. The highest BCUT2D eigenvalue weighted by Crippen LogP contribution is 2.28. The predicted octanol–water partition coefficient (Wildman–Crippen LogP) is 2.06. The van der Waals surface area contributed by atoms with Crippen LogP contribution in [0.2, 0.25) is 0 Å². The number of nitrogens with one attached hydrogen (secondary N) is 1. The second-order valence-corrected chi connectivity index (χ2v) is 6.14. The molecule has 0 saturated heterocycles. The van der Waals surface area contributed by atoms with Crippen LogP contribution in [0.3, 0.4) is 0 Å². The van der Waals surface area contributed by atoms with Gasteiger partial charge < -0.3 is 10.5 Å². The van der Waals surface area contributed by atoms with Gasteiger partial charge in [-0.25, -0.2) is 0 Å². The minimum Gasteiger partial charge on any atom is -0.495 e. The molecule has 0 aliphatic carbocycles. The molecule has 0 bridgehead atoms. The first-order valence-corrected chi connectivity index (χ1v) is 8.10. The number of nitrogens with zero attached hydrogens (tertiary/aromatic N) is 1. The average Bonchev–Trinajstić information content (AvgIpc) is 2.38. The molecule has 0 atom stereocenters. The Morgan fingerprint density at radius 2 is 1.85 bits per heavy atom. The molecule has 6 nitrogen and oxygen atoms in total. The Kier molecular flexibility index (Phi) is 6.09. The van der Waals surface area contributed by atoms with E-state index >= 15 is 0 Å².